The Labute approximate surface area is 250 Å². The summed E-state index contributed by atoms with van der Waals surface area (Å²) in [6.07, 6.45) is 1.86. The Balaban J connectivity index is 1.88. The first kappa shape index (κ1) is 32.7. The normalized spacial score (nSPS) is 12.0. The van der Waals surface area contributed by atoms with Crippen LogP contribution < -0.4 is 14.4 Å². The lowest BCUT2D eigenvalue weighted by atomic mass is 10.0. The summed E-state index contributed by atoms with van der Waals surface area (Å²) in [6, 6.07) is 23.7. The molecule has 0 saturated carbocycles. The summed E-state index contributed by atoms with van der Waals surface area (Å²) in [5.74, 6) is 0.376. The number of benzene rings is 3. The zero-order valence-electron chi connectivity index (χ0n) is 25.2. The maximum Gasteiger partial charge on any atom is 0.243 e. The minimum atomic E-state index is -3.61. The number of sulfonamides is 1. The number of hydrogen-bond acceptors (Lipinski definition) is 5. The lowest BCUT2D eigenvalue weighted by molar-refractivity contribution is -0.141. The molecule has 0 aromatic heterocycles. The van der Waals surface area contributed by atoms with Gasteiger partial charge in [-0.2, -0.15) is 0 Å². The molecule has 0 heterocycles. The molecule has 0 aliphatic heterocycles. The molecule has 0 saturated heterocycles. The number of amides is 2. The molecule has 0 aliphatic carbocycles. The number of anilines is 1. The molecule has 8 nitrogen and oxygen atoms in total. The van der Waals surface area contributed by atoms with Gasteiger partial charge in [0.1, 0.15) is 11.8 Å². The van der Waals surface area contributed by atoms with Crippen molar-refractivity contribution < 1.29 is 22.7 Å². The van der Waals surface area contributed by atoms with Gasteiger partial charge in [-0.1, -0.05) is 80.1 Å². The van der Waals surface area contributed by atoms with E-state index in [1.54, 1.807) is 29.2 Å². The van der Waals surface area contributed by atoms with Gasteiger partial charge in [0, 0.05) is 38.5 Å². The van der Waals surface area contributed by atoms with Crippen molar-refractivity contribution in [2.24, 2.45) is 5.92 Å². The number of methoxy groups -OCH3 is 1. The summed E-state index contributed by atoms with van der Waals surface area (Å²) in [4.78, 5) is 29.2. The van der Waals surface area contributed by atoms with Crippen molar-refractivity contribution in [3.63, 3.8) is 0 Å². The average molecular weight is 594 g/mol. The number of nitrogens with zero attached hydrogens (tertiary/aromatic N) is 2. The molecule has 0 fully saturated rings. The maximum atomic E-state index is 13.9. The summed E-state index contributed by atoms with van der Waals surface area (Å²) < 4.78 is 31.9. The predicted octanol–water partition coefficient (Wildman–Crippen LogP) is 4.96. The largest absolute Gasteiger partial charge is 0.497 e. The minimum Gasteiger partial charge on any atom is -0.497 e. The van der Waals surface area contributed by atoms with Crippen LogP contribution in [0.1, 0.15) is 43.4 Å². The molecule has 0 bridgehead atoms. The topological polar surface area (TPSA) is 96.0 Å². The van der Waals surface area contributed by atoms with Crippen LogP contribution in [0.15, 0.2) is 78.9 Å². The molecule has 0 spiro atoms. The van der Waals surface area contributed by atoms with Crippen molar-refractivity contribution in [2.45, 2.75) is 52.6 Å². The van der Waals surface area contributed by atoms with Crippen LogP contribution in [0, 0.1) is 12.8 Å². The highest BCUT2D eigenvalue weighted by atomic mass is 32.2. The first-order valence-electron chi connectivity index (χ1n) is 14.3. The third kappa shape index (κ3) is 9.91. The van der Waals surface area contributed by atoms with Gasteiger partial charge in [-0.15, -0.1) is 0 Å². The molecule has 2 amide bonds. The maximum absolute atomic E-state index is 13.9. The van der Waals surface area contributed by atoms with E-state index in [0.717, 1.165) is 22.9 Å². The lowest BCUT2D eigenvalue weighted by Crippen LogP contribution is -2.51. The van der Waals surface area contributed by atoms with Gasteiger partial charge >= 0.3 is 0 Å². The van der Waals surface area contributed by atoms with Crippen molar-refractivity contribution in [2.75, 3.05) is 30.8 Å². The van der Waals surface area contributed by atoms with E-state index < -0.39 is 16.1 Å². The molecule has 3 rings (SSSR count). The van der Waals surface area contributed by atoms with E-state index in [2.05, 4.69) is 5.32 Å². The Kier molecular flexibility index (Phi) is 12.0. The minimum absolute atomic E-state index is 0.0740. The fourth-order valence-electron chi connectivity index (χ4n) is 4.64. The van der Waals surface area contributed by atoms with Crippen LogP contribution in [-0.2, 0) is 32.6 Å². The summed E-state index contributed by atoms with van der Waals surface area (Å²) >= 11 is 0. The summed E-state index contributed by atoms with van der Waals surface area (Å²) in [7, 11) is -2.09. The van der Waals surface area contributed by atoms with E-state index in [0.29, 0.717) is 24.4 Å². The molecular weight excluding hydrogens is 550 g/mol. The number of carbonyl (C=O) groups is 2. The van der Waals surface area contributed by atoms with E-state index in [1.165, 1.54) is 11.4 Å². The van der Waals surface area contributed by atoms with Gasteiger partial charge < -0.3 is 15.0 Å². The Bertz CT molecular complexity index is 1410. The van der Waals surface area contributed by atoms with Gasteiger partial charge in [-0.3, -0.25) is 13.9 Å². The zero-order chi connectivity index (χ0) is 30.7. The van der Waals surface area contributed by atoms with E-state index in [-0.39, 0.29) is 43.7 Å². The smallest absolute Gasteiger partial charge is 0.243 e. The second-order valence-electron chi connectivity index (χ2n) is 11.0. The number of hydrogen-bond donors (Lipinski definition) is 1. The van der Waals surface area contributed by atoms with E-state index in [9.17, 15) is 18.0 Å². The zero-order valence-corrected chi connectivity index (χ0v) is 26.1. The van der Waals surface area contributed by atoms with E-state index in [4.69, 9.17) is 4.74 Å². The quantitative estimate of drug-likeness (QED) is 0.269. The van der Waals surface area contributed by atoms with Crippen molar-refractivity contribution in [3.8, 4) is 5.75 Å². The Morgan fingerprint density at radius 3 is 2.24 bits per heavy atom. The molecule has 226 valence electrons. The summed E-state index contributed by atoms with van der Waals surface area (Å²) in [5.41, 5.74) is 3.43. The van der Waals surface area contributed by atoms with Gasteiger partial charge in [0.05, 0.1) is 19.1 Å². The Morgan fingerprint density at radius 2 is 1.62 bits per heavy atom. The van der Waals surface area contributed by atoms with Crippen molar-refractivity contribution in [3.05, 3.63) is 95.6 Å². The fourth-order valence-corrected chi connectivity index (χ4v) is 5.59. The summed E-state index contributed by atoms with van der Waals surface area (Å²) in [6.45, 7) is 6.92. The van der Waals surface area contributed by atoms with E-state index >= 15 is 0 Å². The third-order valence-electron chi connectivity index (χ3n) is 6.92. The molecule has 3 aromatic rings. The second-order valence-corrected chi connectivity index (χ2v) is 12.9. The van der Waals surface area contributed by atoms with Crippen LogP contribution >= 0.6 is 0 Å². The molecule has 0 radical (unpaired) electrons. The second kappa shape index (κ2) is 15.4. The number of aryl methyl sites for hydroxylation is 1. The number of nitrogens with one attached hydrogen (secondary N) is 1. The van der Waals surface area contributed by atoms with Crippen LogP contribution in [0.2, 0.25) is 0 Å². The van der Waals surface area contributed by atoms with Crippen LogP contribution in [0.4, 0.5) is 5.69 Å². The van der Waals surface area contributed by atoms with Gasteiger partial charge in [-0.25, -0.2) is 8.42 Å². The summed E-state index contributed by atoms with van der Waals surface area (Å²) in [5, 5.41) is 3.03. The highest BCUT2D eigenvalue weighted by molar-refractivity contribution is 7.92. The predicted molar refractivity (Wildman–Crippen MR) is 168 cm³/mol. The molecule has 9 heteroatoms. The van der Waals surface area contributed by atoms with Crippen molar-refractivity contribution >= 4 is 27.5 Å². The van der Waals surface area contributed by atoms with Gasteiger partial charge in [0.15, 0.2) is 0 Å². The fraction of sp³-hybridized carbons (Fsp3) is 0.394. The molecule has 1 atom stereocenters. The van der Waals surface area contributed by atoms with E-state index in [1.807, 2.05) is 75.4 Å². The van der Waals surface area contributed by atoms with Crippen LogP contribution in [0.25, 0.3) is 0 Å². The molecular formula is C33H43N3O5S. The first-order valence-corrected chi connectivity index (χ1v) is 16.1. The highest BCUT2D eigenvalue weighted by Gasteiger charge is 2.30. The Hall–Kier alpha value is -3.85. The van der Waals surface area contributed by atoms with Gasteiger partial charge in [0.2, 0.25) is 21.8 Å². The molecule has 1 N–H and O–H groups in total. The number of rotatable bonds is 15. The van der Waals surface area contributed by atoms with Crippen LogP contribution in [0.3, 0.4) is 0 Å². The monoisotopic (exact) mass is 593 g/mol. The average Bonchev–Trinajstić information content (AvgIpc) is 2.96. The highest BCUT2D eigenvalue weighted by Crippen LogP contribution is 2.24. The number of carbonyl (C=O) groups excluding carboxylic acids is 2. The Morgan fingerprint density at radius 1 is 0.929 bits per heavy atom. The first-order chi connectivity index (χ1) is 20.0. The SMILES string of the molecule is COc1cccc(N(CCCC(=O)N(Cc2ccc(C)cc2)C(Cc2ccccc2)C(=O)NCC(C)C)S(C)(=O)=O)c1. The molecule has 0 aliphatic rings. The van der Waals surface area contributed by atoms with Crippen LogP contribution in [-0.4, -0.2) is 57.6 Å². The van der Waals surface area contributed by atoms with Crippen molar-refractivity contribution in [1.29, 1.82) is 0 Å². The standard InChI is InChI=1S/C33H43N3O5S/c1-25(2)23-34-33(38)31(21-27-11-7-6-8-12-27)35(24-28-18-16-26(3)17-19-28)32(37)15-10-20-36(42(5,39)40)29-13-9-14-30(22-29)41-4/h6-9,11-14,16-19,22,25,31H,10,15,20-21,23-24H2,1-5H3,(H,34,38). The third-order valence-corrected chi connectivity index (χ3v) is 8.12. The molecule has 3 aromatic carbocycles. The molecule has 1 unspecified atom stereocenters. The number of ether oxygens (including phenoxy) is 1. The van der Waals surface area contributed by atoms with Gasteiger partial charge in [-0.05, 0) is 42.5 Å². The lowest BCUT2D eigenvalue weighted by Gasteiger charge is -2.32. The molecule has 42 heavy (non-hydrogen) atoms. The van der Waals surface area contributed by atoms with Gasteiger partial charge in [0.25, 0.3) is 0 Å². The van der Waals surface area contributed by atoms with Crippen LogP contribution in [0.5, 0.6) is 5.75 Å². The van der Waals surface area contributed by atoms with Crippen molar-refractivity contribution in [1.82, 2.24) is 10.2 Å².